The molecular weight excluding hydrogens is 413 g/mol. The Balaban J connectivity index is 1.80. The molecule has 2 nitrogen and oxygen atoms in total. The highest BCUT2D eigenvalue weighted by molar-refractivity contribution is 14.1. The summed E-state index contributed by atoms with van der Waals surface area (Å²) in [4.78, 5) is 15.2. The second-order valence-corrected chi connectivity index (χ2v) is 8.32. The summed E-state index contributed by atoms with van der Waals surface area (Å²) >= 11 is 9.16. The van der Waals surface area contributed by atoms with Crippen LogP contribution in [-0.4, -0.2) is 21.2 Å². The van der Waals surface area contributed by atoms with Crippen LogP contribution in [0.2, 0.25) is 0 Å². The van der Waals surface area contributed by atoms with Gasteiger partial charge in [-0.15, -0.1) is 0 Å². The minimum absolute atomic E-state index is 0.0930. The van der Waals surface area contributed by atoms with Gasteiger partial charge in [0.15, 0.2) is 0 Å². The second kappa shape index (κ2) is 6.79. The van der Waals surface area contributed by atoms with Gasteiger partial charge in [0.1, 0.15) is 4.32 Å². The zero-order chi connectivity index (χ0) is 14.8. The van der Waals surface area contributed by atoms with Gasteiger partial charge < -0.3 is 0 Å². The second-order valence-electron chi connectivity index (χ2n) is 5.40. The van der Waals surface area contributed by atoms with E-state index in [0.29, 0.717) is 6.04 Å². The summed E-state index contributed by atoms with van der Waals surface area (Å²) in [6.45, 7) is 0. The van der Waals surface area contributed by atoms with E-state index in [-0.39, 0.29) is 5.91 Å². The lowest BCUT2D eigenvalue weighted by Gasteiger charge is -2.29. The maximum absolute atomic E-state index is 12.6. The molecule has 1 aromatic rings. The van der Waals surface area contributed by atoms with Gasteiger partial charge in [-0.05, 0) is 59.2 Å². The molecule has 21 heavy (non-hydrogen) atoms. The molecule has 0 atom stereocenters. The molecule has 1 saturated heterocycles. The Kier molecular flexibility index (Phi) is 5.01. The molecule has 1 aliphatic heterocycles. The lowest BCUT2D eigenvalue weighted by atomic mass is 9.94. The fourth-order valence-corrected chi connectivity index (χ4v) is 4.60. The van der Waals surface area contributed by atoms with Gasteiger partial charge in [0.25, 0.3) is 5.91 Å². The van der Waals surface area contributed by atoms with Crippen LogP contribution in [0.3, 0.4) is 0 Å². The normalized spacial score (nSPS) is 22.3. The average molecular weight is 429 g/mol. The first kappa shape index (κ1) is 15.5. The Hall–Kier alpha value is -0.400. The van der Waals surface area contributed by atoms with E-state index in [0.717, 1.165) is 27.6 Å². The Morgan fingerprint density at radius 2 is 1.86 bits per heavy atom. The lowest BCUT2D eigenvalue weighted by molar-refractivity contribution is -0.124. The van der Waals surface area contributed by atoms with Crippen LogP contribution in [0, 0.1) is 3.57 Å². The van der Waals surface area contributed by atoms with Gasteiger partial charge in [-0.2, -0.15) is 0 Å². The Morgan fingerprint density at radius 3 is 2.52 bits per heavy atom. The number of thiocarbonyl (C=S) groups is 1. The van der Waals surface area contributed by atoms with Crippen LogP contribution in [0.4, 0.5) is 0 Å². The minimum Gasteiger partial charge on any atom is -0.290 e. The van der Waals surface area contributed by atoms with E-state index in [1.165, 1.54) is 34.6 Å². The van der Waals surface area contributed by atoms with Crippen molar-refractivity contribution >= 4 is 62.9 Å². The summed E-state index contributed by atoms with van der Waals surface area (Å²) in [6.07, 6.45) is 7.82. The zero-order valence-electron chi connectivity index (χ0n) is 11.5. The average Bonchev–Trinajstić information content (AvgIpc) is 2.77. The first-order chi connectivity index (χ1) is 10.1. The van der Waals surface area contributed by atoms with Crippen LogP contribution in [0.5, 0.6) is 0 Å². The molecule has 0 N–H and O–H groups in total. The molecule has 1 saturated carbocycles. The van der Waals surface area contributed by atoms with Crippen molar-refractivity contribution in [3.63, 3.8) is 0 Å². The van der Waals surface area contributed by atoms with E-state index in [4.69, 9.17) is 12.2 Å². The number of carbonyl (C=O) groups is 1. The highest BCUT2D eigenvalue weighted by atomic mass is 127. The quantitative estimate of drug-likeness (QED) is 0.382. The number of carbonyl (C=O) groups excluding carboxylic acids is 1. The van der Waals surface area contributed by atoms with Crippen molar-refractivity contribution in [3.8, 4) is 0 Å². The fraction of sp³-hybridized carbons (Fsp3) is 0.375. The third-order valence-electron chi connectivity index (χ3n) is 3.93. The number of nitrogens with zero attached hydrogens (tertiary/aromatic N) is 1. The molecule has 0 radical (unpaired) electrons. The molecule has 1 aliphatic carbocycles. The molecule has 0 spiro atoms. The van der Waals surface area contributed by atoms with Crippen molar-refractivity contribution in [2.45, 2.75) is 38.1 Å². The maximum Gasteiger partial charge on any atom is 0.266 e. The third-order valence-corrected chi connectivity index (χ3v) is 5.98. The first-order valence-electron chi connectivity index (χ1n) is 7.18. The summed E-state index contributed by atoms with van der Waals surface area (Å²) in [7, 11) is 0. The van der Waals surface area contributed by atoms with Crippen molar-refractivity contribution in [2.75, 3.05) is 0 Å². The lowest BCUT2D eigenvalue weighted by Crippen LogP contribution is -2.39. The van der Waals surface area contributed by atoms with Crippen LogP contribution in [0.1, 0.15) is 37.7 Å². The zero-order valence-corrected chi connectivity index (χ0v) is 15.3. The molecule has 0 aromatic heterocycles. The number of amides is 1. The van der Waals surface area contributed by atoms with E-state index < -0.39 is 0 Å². The van der Waals surface area contributed by atoms with Crippen LogP contribution >= 0.6 is 46.6 Å². The predicted molar refractivity (Wildman–Crippen MR) is 101 cm³/mol. The van der Waals surface area contributed by atoms with Crippen molar-refractivity contribution < 1.29 is 4.79 Å². The van der Waals surface area contributed by atoms with Crippen molar-refractivity contribution in [1.29, 1.82) is 0 Å². The van der Waals surface area contributed by atoms with Gasteiger partial charge in [0.05, 0.1) is 4.91 Å². The molecule has 110 valence electrons. The first-order valence-corrected chi connectivity index (χ1v) is 9.48. The summed E-state index contributed by atoms with van der Waals surface area (Å²) in [5, 5.41) is 0. The molecule has 0 unspecified atom stereocenters. The van der Waals surface area contributed by atoms with E-state index in [1.807, 2.05) is 35.2 Å². The maximum atomic E-state index is 12.6. The predicted octanol–water partition coefficient (Wildman–Crippen LogP) is 4.83. The smallest absolute Gasteiger partial charge is 0.266 e. The van der Waals surface area contributed by atoms with Gasteiger partial charge >= 0.3 is 0 Å². The number of hydrogen-bond donors (Lipinski definition) is 0. The summed E-state index contributed by atoms with van der Waals surface area (Å²) in [5.41, 5.74) is 1.06. The van der Waals surface area contributed by atoms with Crippen molar-refractivity contribution in [2.24, 2.45) is 0 Å². The van der Waals surface area contributed by atoms with Gasteiger partial charge in [-0.1, -0.05) is 55.4 Å². The Morgan fingerprint density at radius 1 is 1.19 bits per heavy atom. The third kappa shape index (κ3) is 3.51. The molecule has 2 fully saturated rings. The molecule has 1 amide bonds. The molecule has 3 rings (SSSR count). The molecule has 1 aromatic carbocycles. The molecule has 0 bridgehead atoms. The van der Waals surface area contributed by atoms with E-state index in [1.54, 1.807) is 0 Å². The van der Waals surface area contributed by atoms with Gasteiger partial charge in [-0.3, -0.25) is 9.69 Å². The largest absolute Gasteiger partial charge is 0.290 e. The Bertz CT molecular complexity index is 591. The standard InChI is InChI=1S/C16H16INOS2/c17-12-8-6-11(7-9-12)10-14-15(19)18(16(20)21-14)13-4-2-1-3-5-13/h6-10,13H,1-5H2. The van der Waals surface area contributed by atoms with Crippen molar-refractivity contribution in [1.82, 2.24) is 4.90 Å². The number of halogens is 1. The summed E-state index contributed by atoms with van der Waals surface area (Å²) in [5.74, 6) is 0.0930. The van der Waals surface area contributed by atoms with Crippen LogP contribution in [-0.2, 0) is 4.79 Å². The van der Waals surface area contributed by atoms with Gasteiger partial charge in [0, 0.05) is 9.61 Å². The topological polar surface area (TPSA) is 20.3 Å². The van der Waals surface area contributed by atoms with Gasteiger partial charge in [0.2, 0.25) is 0 Å². The van der Waals surface area contributed by atoms with Crippen LogP contribution in [0.15, 0.2) is 29.2 Å². The molecule has 2 aliphatic rings. The monoisotopic (exact) mass is 429 g/mol. The summed E-state index contributed by atoms with van der Waals surface area (Å²) in [6, 6.07) is 8.49. The van der Waals surface area contributed by atoms with Gasteiger partial charge in [-0.25, -0.2) is 0 Å². The SMILES string of the molecule is O=C1C(=Cc2ccc(I)cc2)SC(=S)N1C1CCCCC1. The van der Waals surface area contributed by atoms with E-state index in [2.05, 4.69) is 22.6 Å². The number of hydrogen-bond acceptors (Lipinski definition) is 3. The molecular formula is C16H16INOS2. The molecule has 5 heteroatoms. The number of thioether (sulfide) groups is 1. The highest BCUT2D eigenvalue weighted by Crippen LogP contribution is 2.37. The Labute approximate surface area is 148 Å². The molecule has 1 heterocycles. The van der Waals surface area contributed by atoms with Crippen LogP contribution in [0.25, 0.3) is 6.08 Å². The number of benzene rings is 1. The van der Waals surface area contributed by atoms with Crippen molar-refractivity contribution in [3.05, 3.63) is 38.3 Å². The highest BCUT2D eigenvalue weighted by Gasteiger charge is 2.37. The fourth-order valence-electron chi connectivity index (χ4n) is 2.84. The van der Waals surface area contributed by atoms with E-state index in [9.17, 15) is 4.79 Å². The minimum atomic E-state index is 0.0930. The van der Waals surface area contributed by atoms with E-state index >= 15 is 0 Å². The number of rotatable bonds is 2. The summed E-state index contributed by atoms with van der Waals surface area (Å²) < 4.78 is 1.92. The van der Waals surface area contributed by atoms with Crippen LogP contribution < -0.4 is 0 Å².